The zero-order valence-electron chi connectivity index (χ0n) is 30.1. The Balaban J connectivity index is 0.000000142. The minimum Gasteiger partial charge on any atom is -0.510 e. The molecule has 8 aromatic rings. The Bertz CT molecular complexity index is 2470. The molecule has 2 aliphatic heterocycles. The van der Waals surface area contributed by atoms with Crippen molar-refractivity contribution in [3.8, 4) is 6.07 Å². The summed E-state index contributed by atoms with van der Waals surface area (Å²) in [5.74, 6) is 0.394. The van der Waals surface area contributed by atoms with Gasteiger partial charge in [0.25, 0.3) is 0 Å². The summed E-state index contributed by atoms with van der Waals surface area (Å²) in [7, 11) is 4.00. The van der Waals surface area contributed by atoms with Crippen LogP contribution in [0.15, 0.2) is 146 Å². The molecular formula is C44H32N10Pt2-6. The van der Waals surface area contributed by atoms with Crippen molar-refractivity contribution in [1.82, 2.24) is 29.7 Å². The number of fused-ring (bicyclic) bond motifs is 6. The summed E-state index contributed by atoms with van der Waals surface area (Å²) in [5.41, 5.74) is 5.71. The van der Waals surface area contributed by atoms with Crippen LogP contribution in [0.25, 0.3) is 48.7 Å². The second-order valence-corrected chi connectivity index (χ2v) is 12.1. The average molecular weight is 1090 g/mol. The normalized spacial score (nSPS) is 12.4. The summed E-state index contributed by atoms with van der Waals surface area (Å²) in [5, 5.41) is 12.9. The zero-order chi connectivity index (χ0) is 37.3. The molecular weight excluding hydrogens is 1060 g/mol. The smallest absolute Gasteiger partial charge is 0.0948 e. The Morgan fingerprint density at radius 1 is 0.607 bits per heavy atom. The number of nitrogens with zero attached hydrogens (tertiary/aromatic N) is 10. The first kappa shape index (κ1) is 41.0. The van der Waals surface area contributed by atoms with Crippen molar-refractivity contribution in [2.45, 2.75) is 0 Å². The number of hydrogen-bond donors (Lipinski definition) is 0. The molecule has 0 bridgehead atoms. The molecule has 0 spiro atoms. The fourth-order valence-electron chi connectivity index (χ4n) is 5.70. The Morgan fingerprint density at radius 3 is 1.54 bits per heavy atom. The zero-order valence-corrected chi connectivity index (χ0v) is 34.7. The minimum absolute atomic E-state index is 0. The minimum atomic E-state index is 0. The summed E-state index contributed by atoms with van der Waals surface area (Å²) in [6.07, 6.45) is 8.01. The largest absolute Gasteiger partial charge is 0.510 e. The maximum absolute atomic E-state index is 8.73. The fourth-order valence-corrected chi connectivity index (χ4v) is 5.70. The second-order valence-electron chi connectivity index (χ2n) is 12.1. The number of rotatable bonds is 2. The van der Waals surface area contributed by atoms with Gasteiger partial charge in [-0.1, -0.05) is 78.9 Å². The van der Waals surface area contributed by atoms with Crippen LogP contribution in [0, 0.1) is 43.4 Å². The summed E-state index contributed by atoms with van der Waals surface area (Å²) in [6.45, 7) is 10.9. The van der Waals surface area contributed by atoms with E-state index in [4.69, 9.17) is 11.8 Å². The summed E-state index contributed by atoms with van der Waals surface area (Å²) < 4.78 is 0. The van der Waals surface area contributed by atoms with E-state index in [-0.39, 0.29) is 42.1 Å². The van der Waals surface area contributed by atoms with Gasteiger partial charge in [-0.15, -0.1) is 11.4 Å². The standard InChI is InChI=1S/2C12H6N3.2C10H10N2.2Pt/c1-13-11-7-6-9-8-4-2-3-5-10(8)14-12(9)15-11;13-7-8-5-6-10-9-3-1-2-4-11(9)15-12(10)14-8;2*1-11-7-8-12(9-11)10-5-3-2-4-6-10;;/h2-7H;1-6H;2*2-5,7-9H,1H3;;/q2*-1;2*-2;;. The van der Waals surface area contributed by atoms with Gasteiger partial charge in [0.15, 0.2) is 0 Å². The van der Waals surface area contributed by atoms with Gasteiger partial charge in [0.2, 0.25) is 0 Å². The quantitative estimate of drug-likeness (QED) is 0.158. The van der Waals surface area contributed by atoms with Gasteiger partial charge >= 0.3 is 0 Å². The van der Waals surface area contributed by atoms with Gasteiger partial charge in [-0.05, 0) is 83.2 Å². The third-order valence-corrected chi connectivity index (χ3v) is 8.29. The molecule has 0 unspecified atom stereocenters. The van der Waals surface area contributed by atoms with Crippen LogP contribution in [0.1, 0.15) is 5.69 Å². The van der Waals surface area contributed by atoms with E-state index < -0.39 is 0 Å². The summed E-state index contributed by atoms with van der Waals surface area (Å²) in [4.78, 5) is 28.4. The molecule has 0 saturated carbocycles. The second kappa shape index (κ2) is 19.4. The van der Waals surface area contributed by atoms with Gasteiger partial charge in [-0.25, -0.2) is 0 Å². The first-order valence-corrected chi connectivity index (χ1v) is 16.9. The molecule has 10 rings (SSSR count). The van der Waals surface area contributed by atoms with Gasteiger partial charge in [0.1, 0.15) is 0 Å². The van der Waals surface area contributed by atoms with E-state index in [1.165, 1.54) is 0 Å². The van der Waals surface area contributed by atoms with E-state index in [2.05, 4.69) is 36.9 Å². The van der Waals surface area contributed by atoms with Crippen LogP contribution >= 0.6 is 0 Å². The maximum Gasteiger partial charge on any atom is 0.0948 e. The van der Waals surface area contributed by atoms with E-state index in [1.54, 1.807) is 12.1 Å². The van der Waals surface area contributed by atoms with Gasteiger partial charge < -0.3 is 44.4 Å². The predicted molar refractivity (Wildman–Crippen MR) is 214 cm³/mol. The van der Waals surface area contributed by atoms with E-state index >= 15 is 0 Å². The molecule has 0 amide bonds. The molecule has 12 heteroatoms. The van der Waals surface area contributed by atoms with Gasteiger partial charge in [0.05, 0.1) is 11.9 Å². The topological polar surface area (TPSA) is 95.1 Å². The molecule has 10 nitrogen and oxygen atoms in total. The van der Waals surface area contributed by atoms with Crippen LogP contribution in [0.2, 0.25) is 0 Å². The van der Waals surface area contributed by atoms with Crippen LogP contribution in [0.3, 0.4) is 0 Å². The summed E-state index contributed by atoms with van der Waals surface area (Å²) >= 11 is 0. The Morgan fingerprint density at radius 2 is 1.09 bits per heavy atom. The third kappa shape index (κ3) is 9.72. The van der Waals surface area contributed by atoms with Crippen LogP contribution in [-0.2, 0) is 42.1 Å². The Labute approximate surface area is 354 Å². The van der Waals surface area contributed by atoms with Crippen molar-refractivity contribution in [3.63, 3.8) is 0 Å². The molecule has 0 N–H and O–H groups in total. The molecule has 0 aliphatic carbocycles. The molecule has 0 fully saturated rings. The summed E-state index contributed by atoms with van der Waals surface area (Å²) in [6, 6.07) is 47.2. The van der Waals surface area contributed by atoms with Gasteiger partial charge in [-0.3, -0.25) is 0 Å². The number of anilines is 2. The molecule has 0 atom stereocenters. The monoisotopic (exact) mass is 1090 g/mol. The number of aromatic nitrogens is 4. The van der Waals surface area contributed by atoms with Crippen molar-refractivity contribution < 1.29 is 42.1 Å². The Hall–Kier alpha value is -6.18. The third-order valence-electron chi connectivity index (χ3n) is 8.29. The molecule has 0 radical (unpaired) electrons. The van der Waals surface area contributed by atoms with Crippen LogP contribution in [0.5, 0.6) is 0 Å². The van der Waals surface area contributed by atoms with E-state index in [0.717, 1.165) is 44.0 Å². The van der Waals surface area contributed by atoms with Crippen molar-refractivity contribution >= 4 is 61.1 Å². The fraction of sp³-hybridized carbons (Fsp3) is 0.0455. The van der Waals surface area contributed by atoms with Crippen LogP contribution in [0.4, 0.5) is 17.2 Å². The molecule has 56 heavy (non-hydrogen) atoms. The molecule has 6 heterocycles. The van der Waals surface area contributed by atoms with Crippen molar-refractivity contribution in [2.24, 2.45) is 0 Å². The predicted octanol–water partition coefficient (Wildman–Crippen LogP) is 8.77. The SMILES string of the molecule is CN1C=CN(c2[c-]cccc2)[CH-]1.CN1C=CN(c2[c-]cccc2)[CH-]1.N#Cc1ccc2c(n1)[n-]c1ccccc12.[C-]#[N+]c1ccc2c(n1)[n-]c1ccccc12.[Pt].[Pt]. The first-order valence-electron chi connectivity index (χ1n) is 16.9. The number of pyridine rings is 2. The van der Waals surface area contributed by atoms with Crippen LogP contribution < -0.4 is 19.8 Å². The Kier molecular flexibility index (Phi) is 14.2. The van der Waals surface area contributed by atoms with Crippen LogP contribution in [-0.4, -0.2) is 33.9 Å². The molecule has 2 aliphatic rings. The number of para-hydroxylation sites is 4. The number of benzene rings is 4. The van der Waals surface area contributed by atoms with Crippen molar-refractivity contribution in [3.05, 3.63) is 189 Å². The van der Waals surface area contributed by atoms with E-state index in [9.17, 15) is 0 Å². The van der Waals surface area contributed by atoms with E-state index in [1.807, 2.05) is 187 Å². The number of nitriles is 1. The molecule has 4 aromatic carbocycles. The molecule has 284 valence electrons. The number of hydrogen-bond acceptors (Lipinski definition) is 7. The first-order chi connectivity index (χ1) is 26.5. The van der Waals surface area contributed by atoms with Gasteiger partial charge in [-0.2, -0.15) is 79.3 Å². The van der Waals surface area contributed by atoms with E-state index in [0.29, 0.717) is 22.8 Å². The average Bonchev–Trinajstić information content (AvgIpc) is 4.03. The molecule has 4 aromatic heterocycles. The van der Waals surface area contributed by atoms with Gasteiger partial charge in [0, 0.05) is 47.8 Å². The molecule has 0 saturated heterocycles. The van der Waals surface area contributed by atoms with Crippen molar-refractivity contribution in [1.29, 1.82) is 5.26 Å². The maximum atomic E-state index is 8.73. The van der Waals surface area contributed by atoms with Crippen molar-refractivity contribution in [2.75, 3.05) is 23.9 Å².